The third kappa shape index (κ3) is 3.97. The Labute approximate surface area is 121 Å². The van der Waals surface area contributed by atoms with Gasteiger partial charge in [-0.25, -0.2) is 4.79 Å². The zero-order chi connectivity index (χ0) is 14.5. The van der Waals surface area contributed by atoms with Crippen molar-refractivity contribution in [1.29, 1.82) is 0 Å². The first-order chi connectivity index (χ1) is 9.56. The zero-order valence-electron chi connectivity index (χ0n) is 12.6. The van der Waals surface area contributed by atoms with Crippen molar-refractivity contribution in [3.63, 3.8) is 0 Å². The number of amides is 2. The van der Waals surface area contributed by atoms with Gasteiger partial charge in [0.1, 0.15) is 0 Å². The molecule has 0 radical (unpaired) electrons. The maximum absolute atomic E-state index is 12.4. The van der Waals surface area contributed by atoms with Gasteiger partial charge in [-0.1, -0.05) is 31.5 Å². The average Bonchev–Trinajstić information content (AvgIpc) is 2.41. The van der Waals surface area contributed by atoms with Gasteiger partial charge in [0.05, 0.1) is 19.3 Å². The quantitative estimate of drug-likeness (QED) is 0.920. The summed E-state index contributed by atoms with van der Waals surface area (Å²) in [5.74, 6) is 0.552. The summed E-state index contributed by atoms with van der Waals surface area (Å²) >= 11 is 0. The minimum absolute atomic E-state index is 0.0252. The number of hydrogen-bond acceptors (Lipinski definition) is 2. The van der Waals surface area contributed by atoms with Gasteiger partial charge in [-0.15, -0.1) is 0 Å². The highest BCUT2D eigenvalue weighted by Crippen LogP contribution is 2.17. The molecule has 110 valence electrons. The van der Waals surface area contributed by atoms with Crippen molar-refractivity contribution < 1.29 is 9.53 Å². The summed E-state index contributed by atoms with van der Waals surface area (Å²) in [5.41, 5.74) is 2.03. The largest absolute Gasteiger partial charge is 0.377 e. The number of ether oxygens (including phenoxy) is 1. The number of nitrogens with one attached hydrogen (secondary N) is 1. The highest BCUT2D eigenvalue weighted by molar-refractivity contribution is 5.89. The van der Waals surface area contributed by atoms with Crippen LogP contribution >= 0.6 is 0 Å². The van der Waals surface area contributed by atoms with Crippen molar-refractivity contribution >= 4 is 11.7 Å². The van der Waals surface area contributed by atoms with E-state index in [1.807, 2.05) is 36.1 Å². The maximum Gasteiger partial charge on any atom is 0.322 e. The van der Waals surface area contributed by atoms with Crippen LogP contribution in [0.3, 0.4) is 0 Å². The molecule has 0 bridgehead atoms. The lowest BCUT2D eigenvalue weighted by molar-refractivity contribution is 0.00857. The summed E-state index contributed by atoms with van der Waals surface area (Å²) in [4.78, 5) is 14.3. The van der Waals surface area contributed by atoms with Crippen molar-refractivity contribution in [2.45, 2.75) is 33.2 Å². The van der Waals surface area contributed by atoms with Gasteiger partial charge in [-0.3, -0.25) is 0 Å². The van der Waals surface area contributed by atoms with Crippen molar-refractivity contribution in [2.75, 3.05) is 25.1 Å². The first-order valence-corrected chi connectivity index (χ1v) is 7.28. The van der Waals surface area contributed by atoms with E-state index in [4.69, 9.17) is 4.74 Å². The number of benzene rings is 1. The molecule has 0 saturated carbocycles. The summed E-state index contributed by atoms with van der Waals surface area (Å²) in [6.45, 7) is 8.30. The third-order valence-corrected chi connectivity index (χ3v) is 3.53. The SMILES string of the molecule is Cc1ccc(NC(=O)N2CCOCC2CC(C)C)cc1. The van der Waals surface area contributed by atoms with Crippen molar-refractivity contribution in [3.8, 4) is 0 Å². The molecule has 0 spiro atoms. The fourth-order valence-electron chi connectivity index (χ4n) is 2.49. The summed E-state index contributed by atoms with van der Waals surface area (Å²) in [5, 5.41) is 2.97. The van der Waals surface area contributed by atoms with Gasteiger partial charge in [-0.2, -0.15) is 0 Å². The Morgan fingerprint density at radius 3 is 2.75 bits per heavy atom. The first-order valence-electron chi connectivity index (χ1n) is 7.28. The van der Waals surface area contributed by atoms with E-state index in [2.05, 4.69) is 19.2 Å². The van der Waals surface area contributed by atoms with E-state index in [0.29, 0.717) is 25.7 Å². The highest BCUT2D eigenvalue weighted by atomic mass is 16.5. The van der Waals surface area contributed by atoms with Gasteiger partial charge < -0.3 is 15.0 Å². The van der Waals surface area contributed by atoms with Crippen LogP contribution < -0.4 is 5.32 Å². The average molecular weight is 276 g/mol. The Hall–Kier alpha value is -1.55. The topological polar surface area (TPSA) is 41.6 Å². The van der Waals surface area contributed by atoms with E-state index >= 15 is 0 Å². The smallest absolute Gasteiger partial charge is 0.322 e. The number of anilines is 1. The molecule has 1 aliphatic rings. The van der Waals surface area contributed by atoms with E-state index < -0.39 is 0 Å². The summed E-state index contributed by atoms with van der Waals surface area (Å²) < 4.78 is 5.51. The Kier molecular flexibility index (Phi) is 5.01. The lowest BCUT2D eigenvalue weighted by Gasteiger charge is -2.36. The molecule has 0 aromatic heterocycles. The van der Waals surface area contributed by atoms with Gasteiger partial charge in [0.15, 0.2) is 0 Å². The Balaban J connectivity index is 2.00. The molecule has 1 fully saturated rings. The zero-order valence-corrected chi connectivity index (χ0v) is 12.6. The van der Waals surface area contributed by atoms with Gasteiger partial charge in [0, 0.05) is 12.2 Å². The fraction of sp³-hybridized carbons (Fsp3) is 0.562. The lowest BCUT2D eigenvalue weighted by atomic mass is 10.0. The minimum Gasteiger partial charge on any atom is -0.377 e. The molecule has 2 rings (SSSR count). The number of nitrogens with zero attached hydrogens (tertiary/aromatic N) is 1. The van der Waals surface area contributed by atoms with Crippen LogP contribution in [0.2, 0.25) is 0 Å². The summed E-state index contributed by atoms with van der Waals surface area (Å²) in [6, 6.07) is 8.02. The van der Waals surface area contributed by atoms with Gasteiger partial charge in [0.2, 0.25) is 0 Å². The predicted molar refractivity (Wildman–Crippen MR) is 81.0 cm³/mol. The molecular weight excluding hydrogens is 252 g/mol. The molecule has 1 N–H and O–H groups in total. The predicted octanol–water partition coefficient (Wildman–Crippen LogP) is 3.27. The minimum atomic E-state index is -0.0252. The molecule has 4 heteroatoms. The van der Waals surface area contributed by atoms with E-state index in [1.54, 1.807) is 0 Å². The molecule has 4 nitrogen and oxygen atoms in total. The molecule has 1 saturated heterocycles. The Bertz CT molecular complexity index is 442. The Morgan fingerprint density at radius 1 is 1.40 bits per heavy atom. The monoisotopic (exact) mass is 276 g/mol. The summed E-state index contributed by atoms with van der Waals surface area (Å²) in [6.07, 6.45) is 0.974. The van der Waals surface area contributed by atoms with Gasteiger partial charge >= 0.3 is 6.03 Å². The molecule has 1 aliphatic heterocycles. The van der Waals surface area contributed by atoms with Crippen LogP contribution in [0, 0.1) is 12.8 Å². The van der Waals surface area contributed by atoms with Crippen LogP contribution in [-0.4, -0.2) is 36.7 Å². The standard InChI is InChI=1S/C16H24N2O2/c1-12(2)10-15-11-20-9-8-18(15)16(19)17-14-6-4-13(3)5-7-14/h4-7,12,15H,8-11H2,1-3H3,(H,17,19). The van der Waals surface area contributed by atoms with Crippen molar-refractivity contribution in [1.82, 2.24) is 4.90 Å². The number of morpholine rings is 1. The molecule has 1 aromatic carbocycles. The molecule has 20 heavy (non-hydrogen) atoms. The number of carbonyl (C=O) groups excluding carboxylic acids is 1. The maximum atomic E-state index is 12.4. The number of urea groups is 1. The Morgan fingerprint density at radius 2 is 2.10 bits per heavy atom. The summed E-state index contributed by atoms with van der Waals surface area (Å²) in [7, 11) is 0. The lowest BCUT2D eigenvalue weighted by Crippen LogP contribution is -2.50. The van der Waals surface area contributed by atoms with E-state index in [0.717, 1.165) is 12.1 Å². The number of rotatable bonds is 3. The van der Waals surface area contributed by atoms with Crippen molar-refractivity contribution in [2.24, 2.45) is 5.92 Å². The van der Waals surface area contributed by atoms with E-state index in [1.165, 1.54) is 5.56 Å². The normalized spacial score (nSPS) is 19.2. The van der Waals surface area contributed by atoms with Crippen LogP contribution in [0.15, 0.2) is 24.3 Å². The fourth-order valence-corrected chi connectivity index (χ4v) is 2.49. The van der Waals surface area contributed by atoms with Crippen LogP contribution in [0.1, 0.15) is 25.8 Å². The second kappa shape index (κ2) is 6.75. The number of hydrogen-bond donors (Lipinski definition) is 1. The third-order valence-electron chi connectivity index (χ3n) is 3.53. The van der Waals surface area contributed by atoms with Crippen LogP contribution in [0.25, 0.3) is 0 Å². The molecule has 0 aliphatic carbocycles. The molecular formula is C16H24N2O2. The highest BCUT2D eigenvalue weighted by Gasteiger charge is 2.27. The van der Waals surface area contributed by atoms with Crippen LogP contribution in [0.5, 0.6) is 0 Å². The number of carbonyl (C=O) groups is 1. The molecule has 2 amide bonds. The van der Waals surface area contributed by atoms with E-state index in [9.17, 15) is 4.79 Å². The number of aryl methyl sites for hydroxylation is 1. The molecule has 1 unspecified atom stereocenters. The molecule has 1 aromatic rings. The van der Waals surface area contributed by atoms with E-state index in [-0.39, 0.29) is 12.1 Å². The van der Waals surface area contributed by atoms with Gasteiger partial charge in [-0.05, 0) is 31.4 Å². The molecule has 1 atom stereocenters. The first kappa shape index (κ1) is 14.9. The van der Waals surface area contributed by atoms with Crippen LogP contribution in [0.4, 0.5) is 10.5 Å². The second-order valence-electron chi connectivity index (χ2n) is 5.85. The second-order valence-corrected chi connectivity index (χ2v) is 5.85. The van der Waals surface area contributed by atoms with Gasteiger partial charge in [0.25, 0.3) is 0 Å². The van der Waals surface area contributed by atoms with Crippen LogP contribution in [-0.2, 0) is 4.74 Å². The molecule has 1 heterocycles. The van der Waals surface area contributed by atoms with Crippen molar-refractivity contribution in [3.05, 3.63) is 29.8 Å².